The van der Waals surface area contributed by atoms with Crippen LogP contribution in [0.15, 0.2) is 30.6 Å². The van der Waals surface area contributed by atoms with Crippen molar-refractivity contribution >= 4 is 23.5 Å². The third-order valence-corrected chi connectivity index (χ3v) is 3.10. The summed E-state index contributed by atoms with van der Waals surface area (Å²) in [5.41, 5.74) is -2.73. The fourth-order valence-corrected chi connectivity index (χ4v) is 1.99. The van der Waals surface area contributed by atoms with Crippen LogP contribution in [0.4, 0.5) is 29.5 Å². The van der Waals surface area contributed by atoms with Gasteiger partial charge in [0.05, 0.1) is 11.3 Å². The highest BCUT2D eigenvalue weighted by Gasteiger charge is 2.31. The van der Waals surface area contributed by atoms with Gasteiger partial charge >= 0.3 is 12.3 Å². The number of carbonyl (C=O) groups is 2. The highest BCUT2D eigenvalue weighted by Crippen LogP contribution is 2.34. The van der Waals surface area contributed by atoms with Gasteiger partial charge in [0.15, 0.2) is 11.5 Å². The minimum atomic E-state index is -4.66. The lowest BCUT2D eigenvalue weighted by Gasteiger charge is -2.19. The molecule has 8 nitrogen and oxygen atoms in total. The van der Waals surface area contributed by atoms with Gasteiger partial charge in [-0.15, -0.1) is 0 Å². The van der Waals surface area contributed by atoms with Gasteiger partial charge in [-0.1, -0.05) is 0 Å². The fraction of sp³-hybridized carbons (Fsp3) is 0.294. The monoisotopic (exact) mass is 398 g/mol. The average Bonchev–Trinajstić information content (AvgIpc) is 2.54. The molecule has 150 valence electrons. The zero-order chi connectivity index (χ0) is 21.1. The Kier molecular flexibility index (Phi) is 5.76. The van der Waals surface area contributed by atoms with Gasteiger partial charge < -0.3 is 15.2 Å². The number of nitrogens with zero attached hydrogens (tertiary/aromatic N) is 2. The normalized spacial score (nSPS) is 11.6. The first-order valence-electron chi connectivity index (χ1n) is 7.89. The topological polar surface area (TPSA) is 113 Å². The molecule has 1 heterocycles. The number of aromatic nitrogens is 2. The number of phenols is 1. The molecule has 28 heavy (non-hydrogen) atoms. The number of phenolic OH excluding ortho intramolecular Hbond substituents is 1. The van der Waals surface area contributed by atoms with Gasteiger partial charge in [-0.25, -0.2) is 14.8 Å². The highest BCUT2D eigenvalue weighted by molar-refractivity contribution is 6.08. The van der Waals surface area contributed by atoms with Crippen molar-refractivity contribution in [1.82, 2.24) is 9.97 Å². The summed E-state index contributed by atoms with van der Waals surface area (Å²) in [4.78, 5) is 31.9. The summed E-state index contributed by atoms with van der Waals surface area (Å²) in [6.45, 7) is 4.90. The Morgan fingerprint density at radius 3 is 2.32 bits per heavy atom. The molecule has 0 aliphatic carbocycles. The molecule has 1 aromatic heterocycles. The van der Waals surface area contributed by atoms with Crippen molar-refractivity contribution < 1.29 is 32.6 Å². The van der Waals surface area contributed by atoms with Crippen LogP contribution in [-0.4, -0.2) is 32.7 Å². The second-order valence-electron chi connectivity index (χ2n) is 6.56. The van der Waals surface area contributed by atoms with Crippen LogP contribution in [0.3, 0.4) is 0 Å². The van der Waals surface area contributed by atoms with Crippen LogP contribution in [0.25, 0.3) is 0 Å². The van der Waals surface area contributed by atoms with E-state index in [9.17, 15) is 27.9 Å². The van der Waals surface area contributed by atoms with E-state index >= 15 is 0 Å². The SMILES string of the molecule is CC(C)(C)OC(=O)Nc1nccnc1C(=O)Nc1cc(C(F)(F)F)ccc1O. The van der Waals surface area contributed by atoms with Crippen LogP contribution in [0.2, 0.25) is 0 Å². The van der Waals surface area contributed by atoms with E-state index in [1.165, 1.54) is 6.20 Å². The second-order valence-corrected chi connectivity index (χ2v) is 6.56. The lowest BCUT2D eigenvalue weighted by Crippen LogP contribution is -2.28. The molecule has 2 aromatic rings. The molecule has 0 bridgehead atoms. The maximum atomic E-state index is 12.8. The van der Waals surface area contributed by atoms with Crippen molar-refractivity contribution in [2.45, 2.75) is 32.5 Å². The van der Waals surface area contributed by atoms with Crippen LogP contribution in [0, 0.1) is 0 Å². The number of hydrogen-bond donors (Lipinski definition) is 3. The van der Waals surface area contributed by atoms with Crippen molar-refractivity contribution in [3.05, 3.63) is 41.9 Å². The molecule has 2 amide bonds. The Bertz CT molecular complexity index is 895. The number of alkyl halides is 3. The summed E-state index contributed by atoms with van der Waals surface area (Å²) >= 11 is 0. The molecular formula is C17H17F3N4O4. The van der Waals surface area contributed by atoms with Crippen molar-refractivity contribution in [3.8, 4) is 5.75 Å². The zero-order valence-corrected chi connectivity index (χ0v) is 15.1. The first kappa shape index (κ1) is 20.9. The lowest BCUT2D eigenvalue weighted by atomic mass is 10.1. The molecule has 0 fully saturated rings. The maximum Gasteiger partial charge on any atom is 0.416 e. The van der Waals surface area contributed by atoms with E-state index < -0.39 is 40.8 Å². The molecule has 0 saturated carbocycles. The highest BCUT2D eigenvalue weighted by atomic mass is 19.4. The van der Waals surface area contributed by atoms with Crippen LogP contribution >= 0.6 is 0 Å². The van der Waals surface area contributed by atoms with Crippen molar-refractivity contribution in [2.24, 2.45) is 0 Å². The summed E-state index contributed by atoms with van der Waals surface area (Å²) in [6.07, 6.45) is -3.21. The number of aromatic hydroxyl groups is 1. The Balaban J connectivity index is 2.25. The quantitative estimate of drug-likeness (QED) is 0.678. The van der Waals surface area contributed by atoms with Crippen LogP contribution in [-0.2, 0) is 10.9 Å². The van der Waals surface area contributed by atoms with Gasteiger partial charge in [0.2, 0.25) is 0 Å². The smallest absolute Gasteiger partial charge is 0.416 e. The average molecular weight is 398 g/mol. The third kappa shape index (κ3) is 5.56. The number of ether oxygens (including phenoxy) is 1. The molecule has 0 saturated heterocycles. The first-order valence-corrected chi connectivity index (χ1v) is 7.89. The number of rotatable bonds is 3. The summed E-state index contributed by atoms with van der Waals surface area (Å²) in [6, 6.07) is 2.04. The molecule has 1 aromatic carbocycles. The van der Waals surface area contributed by atoms with Crippen molar-refractivity contribution in [1.29, 1.82) is 0 Å². The number of hydrogen-bond acceptors (Lipinski definition) is 6. The van der Waals surface area contributed by atoms with E-state index in [1.807, 2.05) is 0 Å². The van der Waals surface area contributed by atoms with E-state index in [4.69, 9.17) is 4.74 Å². The molecule has 0 atom stereocenters. The van der Waals surface area contributed by atoms with Gasteiger partial charge in [0.1, 0.15) is 11.4 Å². The Morgan fingerprint density at radius 1 is 1.07 bits per heavy atom. The van der Waals surface area contributed by atoms with Crippen LogP contribution < -0.4 is 10.6 Å². The van der Waals surface area contributed by atoms with Crippen LogP contribution in [0.1, 0.15) is 36.8 Å². The largest absolute Gasteiger partial charge is 0.506 e. The predicted molar refractivity (Wildman–Crippen MR) is 93.0 cm³/mol. The van der Waals surface area contributed by atoms with E-state index in [0.717, 1.165) is 12.3 Å². The number of amides is 2. The lowest BCUT2D eigenvalue weighted by molar-refractivity contribution is -0.137. The van der Waals surface area contributed by atoms with Crippen molar-refractivity contribution in [2.75, 3.05) is 10.6 Å². The Morgan fingerprint density at radius 2 is 1.71 bits per heavy atom. The molecule has 0 aliphatic heterocycles. The van der Waals surface area contributed by atoms with Gasteiger partial charge in [0.25, 0.3) is 5.91 Å². The number of nitrogens with one attached hydrogen (secondary N) is 2. The number of carbonyl (C=O) groups excluding carboxylic acids is 2. The summed E-state index contributed by atoms with van der Waals surface area (Å²) in [7, 11) is 0. The first-order chi connectivity index (χ1) is 12.9. The Hall–Kier alpha value is -3.37. The maximum absolute atomic E-state index is 12.8. The molecule has 11 heteroatoms. The van der Waals surface area contributed by atoms with E-state index in [1.54, 1.807) is 20.8 Å². The van der Waals surface area contributed by atoms with Gasteiger partial charge in [0, 0.05) is 12.4 Å². The van der Waals surface area contributed by atoms with E-state index in [2.05, 4.69) is 20.6 Å². The molecule has 2 rings (SSSR count). The zero-order valence-electron chi connectivity index (χ0n) is 15.1. The van der Waals surface area contributed by atoms with E-state index in [0.29, 0.717) is 12.1 Å². The minimum Gasteiger partial charge on any atom is -0.506 e. The number of halogens is 3. The fourth-order valence-electron chi connectivity index (χ4n) is 1.99. The van der Waals surface area contributed by atoms with Gasteiger partial charge in [-0.3, -0.25) is 10.1 Å². The van der Waals surface area contributed by atoms with Crippen molar-refractivity contribution in [3.63, 3.8) is 0 Å². The van der Waals surface area contributed by atoms with Crippen LogP contribution in [0.5, 0.6) is 5.75 Å². The van der Waals surface area contributed by atoms with E-state index in [-0.39, 0.29) is 11.5 Å². The minimum absolute atomic E-state index is 0.263. The summed E-state index contributed by atoms with van der Waals surface area (Å²) < 4.78 is 43.5. The molecule has 0 unspecified atom stereocenters. The molecular weight excluding hydrogens is 381 g/mol. The summed E-state index contributed by atoms with van der Waals surface area (Å²) in [5.74, 6) is -1.83. The van der Waals surface area contributed by atoms with Gasteiger partial charge in [-0.05, 0) is 39.0 Å². The second kappa shape index (κ2) is 7.71. The number of benzene rings is 1. The molecule has 3 N–H and O–H groups in total. The predicted octanol–water partition coefficient (Wildman–Crippen LogP) is 3.80. The standard InChI is InChI=1S/C17H17F3N4O4/c1-16(2,3)28-15(27)24-13-12(21-6-7-22-13)14(26)23-10-8-9(17(18,19)20)4-5-11(10)25/h4-8,25H,1-3H3,(H,23,26)(H,22,24,27). The van der Waals surface area contributed by atoms with Gasteiger partial charge in [-0.2, -0.15) is 13.2 Å². The molecule has 0 radical (unpaired) electrons. The summed E-state index contributed by atoms with van der Waals surface area (Å²) in [5, 5.41) is 14.1. The molecule has 0 spiro atoms. The Labute approximate surface area is 157 Å². The third-order valence-electron chi connectivity index (χ3n) is 3.10. The number of anilines is 2. The molecule has 0 aliphatic rings.